The Labute approximate surface area is 143 Å². The number of aliphatic hydroxyl groups is 1. The first-order valence-electron chi connectivity index (χ1n) is 7.14. The summed E-state index contributed by atoms with van der Waals surface area (Å²) < 4.78 is 5.02. The third-order valence-corrected chi connectivity index (χ3v) is 3.25. The SMILES string of the molecule is COc1ccc(C(=O)Nc2cccc(C(O)=CC(=O)C(=O)O)c2)cc1. The van der Waals surface area contributed by atoms with Crippen LogP contribution in [-0.4, -0.2) is 35.0 Å². The standard InChI is InChI=1S/C18H15NO6/c1-25-14-7-5-11(6-8-14)17(22)19-13-4-2-3-12(9-13)15(20)10-16(21)18(23)24/h2-10,20H,1H3,(H,19,22)(H,23,24). The number of amides is 1. The molecule has 0 aliphatic carbocycles. The van der Waals surface area contributed by atoms with E-state index in [0.29, 0.717) is 23.1 Å². The van der Waals surface area contributed by atoms with Crippen molar-refractivity contribution in [2.75, 3.05) is 12.4 Å². The highest BCUT2D eigenvalue weighted by molar-refractivity contribution is 6.38. The molecule has 128 valence electrons. The number of rotatable bonds is 6. The van der Waals surface area contributed by atoms with Crippen molar-refractivity contribution in [1.29, 1.82) is 0 Å². The summed E-state index contributed by atoms with van der Waals surface area (Å²) in [5, 5.41) is 21.0. The lowest BCUT2D eigenvalue weighted by Crippen LogP contribution is -2.12. The zero-order valence-electron chi connectivity index (χ0n) is 13.2. The van der Waals surface area contributed by atoms with E-state index in [9.17, 15) is 19.5 Å². The second-order valence-electron chi connectivity index (χ2n) is 4.96. The second kappa shape index (κ2) is 7.78. The maximum absolute atomic E-state index is 12.2. The van der Waals surface area contributed by atoms with Crippen molar-refractivity contribution >= 4 is 29.1 Å². The molecule has 0 fully saturated rings. The minimum Gasteiger partial charge on any atom is -0.507 e. The number of ether oxygens (including phenoxy) is 1. The van der Waals surface area contributed by atoms with E-state index in [1.807, 2.05) is 0 Å². The number of anilines is 1. The Morgan fingerprint density at radius 2 is 1.68 bits per heavy atom. The van der Waals surface area contributed by atoms with Crippen molar-refractivity contribution in [3.63, 3.8) is 0 Å². The molecule has 25 heavy (non-hydrogen) atoms. The molecule has 1 amide bonds. The molecule has 0 spiro atoms. The number of aliphatic carboxylic acids is 1. The van der Waals surface area contributed by atoms with Crippen LogP contribution in [0.3, 0.4) is 0 Å². The monoisotopic (exact) mass is 341 g/mol. The highest BCUT2D eigenvalue weighted by Gasteiger charge is 2.12. The Kier molecular flexibility index (Phi) is 5.52. The van der Waals surface area contributed by atoms with E-state index in [2.05, 4.69) is 5.32 Å². The van der Waals surface area contributed by atoms with Crippen LogP contribution in [0.5, 0.6) is 5.75 Å². The number of ketones is 1. The molecule has 2 aromatic carbocycles. The van der Waals surface area contributed by atoms with Crippen LogP contribution in [0.2, 0.25) is 0 Å². The molecule has 0 heterocycles. The zero-order chi connectivity index (χ0) is 18.4. The topological polar surface area (TPSA) is 113 Å². The average molecular weight is 341 g/mol. The Hall–Kier alpha value is -3.61. The second-order valence-corrected chi connectivity index (χ2v) is 4.96. The molecule has 7 nitrogen and oxygen atoms in total. The first-order chi connectivity index (χ1) is 11.9. The summed E-state index contributed by atoms with van der Waals surface area (Å²) in [6.07, 6.45) is 0.604. The van der Waals surface area contributed by atoms with Gasteiger partial charge >= 0.3 is 5.97 Å². The summed E-state index contributed by atoms with van der Waals surface area (Å²) in [5.41, 5.74) is 0.982. The molecule has 0 radical (unpaired) electrons. The number of carboxylic acid groups (broad SMARTS) is 1. The third kappa shape index (κ3) is 4.68. The molecule has 2 aromatic rings. The number of hydrogen-bond donors (Lipinski definition) is 3. The number of aliphatic hydroxyl groups excluding tert-OH is 1. The Balaban J connectivity index is 2.16. The largest absolute Gasteiger partial charge is 0.507 e. The lowest BCUT2D eigenvalue weighted by molar-refractivity contribution is -0.146. The Morgan fingerprint density at radius 3 is 2.28 bits per heavy atom. The van der Waals surface area contributed by atoms with E-state index in [0.717, 1.165) is 0 Å². The summed E-state index contributed by atoms with van der Waals surface area (Å²) in [6.45, 7) is 0. The molecule has 0 aliphatic rings. The fourth-order valence-corrected chi connectivity index (χ4v) is 1.97. The molecule has 0 bridgehead atoms. The molecule has 0 aliphatic heterocycles. The molecule has 3 N–H and O–H groups in total. The highest BCUT2D eigenvalue weighted by atomic mass is 16.5. The van der Waals surface area contributed by atoms with Gasteiger partial charge in [0.15, 0.2) is 0 Å². The van der Waals surface area contributed by atoms with Gasteiger partial charge in [0.1, 0.15) is 11.5 Å². The van der Waals surface area contributed by atoms with E-state index < -0.39 is 17.5 Å². The molecular weight excluding hydrogens is 326 g/mol. The molecule has 0 saturated carbocycles. The van der Waals surface area contributed by atoms with Gasteiger partial charge in [0.05, 0.1) is 7.11 Å². The van der Waals surface area contributed by atoms with Crippen molar-refractivity contribution in [2.45, 2.75) is 0 Å². The molecule has 0 aromatic heterocycles. The van der Waals surface area contributed by atoms with Gasteiger partial charge in [0.25, 0.3) is 11.7 Å². The van der Waals surface area contributed by atoms with E-state index in [1.165, 1.54) is 19.2 Å². The molecule has 7 heteroatoms. The van der Waals surface area contributed by atoms with Gasteiger partial charge in [-0.2, -0.15) is 0 Å². The lowest BCUT2D eigenvalue weighted by Gasteiger charge is -2.08. The van der Waals surface area contributed by atoms with Crippen molar-refractivity contribution in [3.8, 4) is 5.75 Å². The first kappa shape index (κ1) is 17.7. The maximum atomic E-state index is 12.2. The normalized spacial score (nSPS) is 10.8. The molecular formula is C18H15NO6. The van der Waals surface area contributed by atoms with Crippen LogP contribution in [0.1, 0.15) is 15.9 Å². The summed E-state index contributed by atoms with van der Waals surface area (Å²) in [7, 11) is 1.52. The zero-order valence-corrected chi connectivity index (χ0v) is 13.2. The number of benzene rings is 2. The molecule has 0 saturated heterocycles. The Bertz CT molecular complexity index is 839. The summed E-state index contributed by atoms with van der Waals surface area (Å²) in [5.74, 6) is -3.17. The van der Waals surface area contributed by atoms with Gasteiger partial charge in [-0.15, -0.1) is 0 Å². The van der Waals surface area contributed by atoms with Crippen LogP contribution < -0.4 is 10.1 Å². The quantitative estimate of drug-likeness (QED) is 0.423. The van der Waals surface area contributed by atoms with Crippen LogP contribution in [-0.2, 0) is 9.59 Å². The Morgan fingerprint density at radius 1 is 1.00 bits per heavy atom. The van der Waals surface area contributed by atoms with Gasteiger partial charge in [-0.1, -0.05) is 12.1 Å². The van der Waals surface area contributed by atoms with Gasteiger partial charge < -0.3 is 20.3 Å². The predicted octanol–water partition coefficient (Wildman–Crippen LogP) is 2.50. The highest BCUT2D eigenvalue weighted by Crippen LogP contribution is 2.18. The minimum atomic E-state index is -1.67. The van der Waals surface area contributed by atoms with Crippen LogP contribution in [0.25, 0.3) is 5.76 Å². The minimum absolute atomic E-state index is 0.196. The van der Waals surface area contributed by atoms with Gasteiger partial charge in [-0.05, 0) is 36.4 Å². The fourth-order valence-electron chi connectivity index (χ4n) is 1.97. The van der Waals surface area contributed by atoms with Crippen LogP contribution in [0.15, 0.2) is 54.6 Å². The van der Waals surface area contributed by atoms with Crippen molar-refractivity contribution in [3.05, 3.63) is 65.7 Å². The number of carboxylic acids is 1. The van der Waals surface area contributed by atoms with E-state index >= 15 is 0 Å². The summed E-state index contributed by atoms with van der Waals surface area (Å²) in [4.78, 5) is 33.8. The lowest BCUT2D eigenvalue weighted by atomic mass is 10.1. The molecule has 0 atom stereocenters. The van der Waals surface area contributed by atoms with Crippen molar-refractivity contribution in [1.82, 2.24) is 0 Å². The molecule has 2 rings (SSSR count). The van der Waals surface area contributed by atoms with Gasteiger partial charge in [-0.25, -0.2) is 4.79 Å². The first-order valence-corrected chi connectivity index (χ1v) is 7.14. The number of carbonyl (C=O) groups excluding carboxylic acids is 2. The van der Waals surface area contributed by atoms with Gasteiger partial charge in [0, 0.05) is 22.9 Å². The fraction of sp³-hybridized carbons (Fsp3) is 0.0556. The van der Waals surface area contributed by atoms with Gasteiger partial charge in [-0.3, -0.25) is 9.59 Å². The van der Waals surface area contributed by atoms with E-state index in [-0.39, 0.29) is 11.5 Å². The number of carbonyl (C=O) groups is 3. The summed E-state index contributed by atoms with van der Waals surface area (Å²) in [6, 6.07) is 12.5. The average Bonchev–Trinajstić information content (AvgIpc) is 2.61. The molecule has 0 unspecified atom stereocenters. The summed E-state index contributed by atoms with van der Waals surface area (Å²) >= 11 is 0. The smallest absolute Gasteiger partial charge is 0.376 e. The number of nitrogens with one attached hydrogen (secondary N) is 1. The van der Waals surface area contributed by atoms with Crippen LogP contribution in [0, 0.1) is 0 Å². The number of hydrogen-bond acceptors (Lipinski definition) is 5. The van der Waals surface area contributed by atoms with Crippen LogP contribution in [0.4, 0.5) is 5.69 Å². The van der Waals surface area contributed by atoms with Crippen LogP contribution >= 0.6 is 0 Å². The maximum Gasteiger partial charge on any atom is 0.376 e. The van der Waals surface area contributed by atoms with E-state index in [4.69, 9.17) is 9.84 Å². The van der Waals surface area contributed by atoms with Crippen molar-refractivity contribution < 1.29 is 29.3 Å². The van der Waals surface area contributed by atoms with Gasteiger partial charge in [0.2, 0.25) is 0 Å². The van der Waals surface area contributed by atoms with Crippen molar-refractivity contribution in [2.24, 2.45) is 0 Å². The third-order valence-electron chi connectivity index (χ3n) is 3.25. The van der Waals surface area contributed by atoms with E-state index in [1.54, 1.807) is 36.4 Å². The predicted molar refractivity (Wildman–Crippen MR) is 90.6 cm³/mol. The number of methoxy groups -OCH3 is 1.